The van der Waals surface area contributed by atoms with Crippen molar-refractivity contribution in [3.63, 3.8) is 0 Å². The van der Waals surface area contributed by atoms with Gasteiger partial charge in [0, 0.05) is 17.0 Å². The first-order valence-electron chi connectivity index (χ1n) is 10.3. The Balaban J connectivity index is 1.86. The maximum absolute atomic E-state index is 12.7. The molecule has 0 saturated carbocycles. The summed E-state index contributed by atoms with van der Waals surface area (Å²) >= 11 is 1.32. The zero-order valence-corrected chi connectivity index (χ0v) is 19.1. The second kappa shape index (κ2) is 10.2. The number of aryl methyl sites for hydroxylation is 1. The van der Waals surface area contributed by atoms with Crippen LogP contribution in [0.4, 0.5) is 5.00 Å². The highest BCUT2D eigenvalue weighted by Crippen LogP contribution is 2.36. The molecule has 1 N–H and O–H groups in total. The Morgan fingerprint density at radius 2 is 1.74 bits per heavy atom. The zero-order chi connectivity index (χ0) is 22.4. The van der Waals surface area contributed by atoms with Crippen LogP contribution in [-0.2, 0) is 9.53 Å². The van der Waals surface area contributed by atoms with Crippen molar-refractivity contribution in [3.8, 4) is 11.1 Å². The van der Waals surface area contributed by atoms with Crippen molar-refractivity contribution in [2.45, 2.75) is 33.6 Å². The summed E-state index contributed by atoms with van der Waals surface area (Å²) in [5, 5.41) is 5.21. The number of carbonyl (C=O) groups is 2. The molecule has 0 aliphatic rings. The monoisotopic (exact) mass is 433 g/mol. The molecule has 3 rings (SSSR count). The van der Waals surface area contributed by atoms with Gasteiger partial charge in [-0.1, -0.05) is 67.9 Å². The van der Waals surface area contributed by atoms with Gasteiger partial charge in [0.25, 0.3) is 0 Å². The van der Waals surface area contributed by atoms with Crippen LogP contribution in [0.15, 0.2) is 60.0 Å². The fourth-order valence-corrected chi connectivity index (χ4v) is 4.08. The molecule has 0 unspecified atom stereocenters. The van der Waals surface area contributed by atoms with Gasteiger partial charge in [0.1, 0.15) is 10.6 Å². The highest BCUT2D eigenvalue weighted by molar-refractivity contribution is 7.15. The molecule has 2 aromatic carbocycles. The van der Waals surface area contributed by atoms with E-state index in [1.54, 1.807) is 13.0 Å². The number of carbonyl (C=O) groups excluding carboxylic acids is 2. The van der Waals surface area contributed by atoms with Gasteiger partial charge in [-0.15, -0.1) is 11.3 Å². The van der Waals surface area contributed by atoms with E-state index in [0.29, 0.717) is 16.5 Å². The molecule has 0 aliphatic heterocycles. The molecule has 1 amide bonds. The summed E-state index contributed by atoms with van der Waals surface area (Å²) in [5.74, 6) is -0.310. The van der Waals surface area contributed by atoms with Crippen LogP contribution in [0.2, 0.25) is 0 Å². The fraction of sp³-hybridized carbons (Fsp3) is 0.231. The van der Waals surface area contributed by atoms with E-state index in [1.807, 2.05) is 48.7 Å². The van der Waals surface area contributed by atoms with Crippen LogP contribution < -0.4 is 5.32 Å². The van der Waals surface area contributed by atoms with Gasteiger partial charge >= 0.3 is 5.97 Å². The summed E-state index contributed by atoms with van der Waals surface area (Å²) in [7, 11) is 0. The van der Waals surface area contributed by atoms with Crippen LogP contribution >= 0.6 is 11.3 Å². The fourth-order valence-electron chi connectivity index (χ4n) is 3.12. The van der Waals surface area contributed by atoms with Gasteiger partial charge in [-0.2, -0.15) is 0 Å². The number of hydrogen-bond donors (Lipinski definition) is 1. The highest BCUT2D eigenvalue weighted by Gasteiger charge is 2.22. The Hall–Kier alpha value is -3.18. The molecule has 0 spiro atoms. The van der Waals surface area contributed by atoms with Gasteiger partial charge in [-0.05, 0) is 42.5 Å². The van der Waals surface area contributed by atoms with Gasteiger partial charge in [-0.3, -0.25) is 4.79 Å². The molecular formula is C26H27NO3S. The number of ether oxygens (including phenoxy) is 1. The van der Waals surface area contributed by atoms with Crippen molar-refractivity contribution in [2.24, 2.45) is 0 Å². The van der Waals surface area contributed by atoms with Crippen molar-refractivity contribution >= 4 is 34.3 Å². The van der Waals surface area contributed by atoms with E-state index in [9.17, 15) is 9.59 Å². The standard InChI is InChI=1S/C26H27NO3S/c1-5-30-26(29)24-22(21-13-11-20(12-14-21)17(2)3)16-31-25(24)27-23(28)15-10-19-8-6-18(4)7-9-19/h6-17H,5H2,1-4H3,(H,27,28)/b15-10+. The van der Waals surface area contributed by atoms with Crippen LogP contribution in [0.1, 0.15) is 53.7 Å². The Kier molecular flexibility index (Phi) is 7.42. The number of amides is 1. The number of thiophene rings is 1. The number of anilines is 1. The average Bonchev–Trinajstić information content (AvgIpc) is 3.17. The Morgan fingerprint density at radius 3 is 2.35 bits per heavy atom. The maximum Gasteiger partial charge on any atom is 0.341 e. The summed E-state index contributed by atoms with van der Waals surface area (Å²) in [5.41, 5.74) is 5.39. The quantitative estimate of drug-likeness (QED) is 0.334. The second-order valence-corrected chi connectivity index (χ2v) is 8.46. The minimum absolute atomic E-state index is 0.265. The van der Waals surface area contributed by atoms with Gasteiger partial charge in [0.05, 0.1) is 6.61 Å². The van der Waals surface area contributed by atoms with E-state index in [0.717, 1.165) is 22.3 Å². The van der Waals surface area contributed by atoms with E-state index in [-0.39, 0.29) is 12.5 Å². The number of esters is 1. The first-order chi connectivity index (χ1) is 14.9. The lowest BCUT2D eigenvalue weighted by atomic mass is 9.98. The van der Waals surface area contributed by atoms with E-state index in [1.165, 1.54) is 23.0 Å². The van der Waals surface area contributed by atoms with E-state index >= 15 is 0 Å². The highest BCUT2D eigenvalue weighted by atomic mass is 32.1. The third kappa shape index (κ3) is 5.70. The molecule has 4 nitrogen and oxygen atoms in total. The van der Waals surface area contributed by atoms with E-state index < -0.39 is 5.97 Å². The van der Waals surface area contributed by atoms with Gasteiger partial charge in [0.2, 0.25) is 5.91 Å². The predicted molar refractivity (Wildman–Crippen MR) is 129 cm³/mol. The van der Waals surface area contributed by atoms with Crippen molar-refractivity contribution in [3.05, 3.63) is 82.2 Å². The van der Waals surface area contributed by atoms with Crippen LogP contribution in [0.25, 0.3) is 17.2 Å². The second-order valence-electron chi connectivity index (χ2n) is 7.58. The lowest BCUT2D eigenvalue weighted by Gasteiger charge is -2.09. The SMILES string of the molecule is CCOC(=O)c1c(-c2ccc(C(C)C)cc2)csc1NC(=O)/C=C/c1ccc(C)cc1. The molecule has 31 heavy (non-hydrogen) atoms. The van der Waals surface area contributed by atoms with Crippen LogP contribution in [0.5, 0.6) is 0 Å². The Bertz CT molecular complexity index is 1080. The number of nitrogens with one attached hydrogen (secondary N) is 1. The third-order valence-electron chi connectivity index (χ3n) is 4.90. The molecule has 5 heteroatoms. The largest absolute Gasteiger partial charge is 0.462 e. The van der Waals surface area contributed by atoms with Crippen molar-refractivity contribution < 1.29 is 14.3 Å². The third-order valence-corrected chi connectivity index (χ3v) is 5.80. The van der Waals surface area contributed by atoms with Crippen LogP contribution in [0, 0.1) is 6.92 Å². The maximum atomic E-state index is 12.7. The zero-order valence-electron chi connectivity index (χ0n) is 18.3. The van der Waals surface area contributed by atoms with Crippen molar-refractivity contribution in [1.29, 1.82) is 0 Å². The lowest BCUT2D eigenvalue weighted by Crippen LogP contribution is -2.12. The first-order valence-corrected chi connectivity index (χ1v) is 11.2. The van der Waals surface area contributed by atoms with Gasteiger partial charge < -0.3 is 10.1 Å². The Labute approximate surface area is 187 Å². The molecule has 0 radical (unpaired) electrons. The summed E-state index contributed by atoms with van der Waals surface area (Å²) in [6.45, 7) is 8.33. The molecule has 160 valence electrons. The van der Waals surface area contributed by atoms with Crippen molar-refractivity contribution in [2.75, 3.05) is 11.9 Å². The number of hydrogen-bond acceptors (Lipinski definition) is 4. The summed E-state index contributed by atoms with van der Waals surface area (Å²) in [4.78, 5) is 25.2. The smallest absolute Gasteiger partial charge is 0.341 e. The molecular weight excluding hydrogens is 406 g/mol. The summed E-state index contributed by atoms with van der Waals surface area (Å²) in [6, 6.07) is 16.0. The van der Waals surface area contributed by atoms with Crippen molar-refractivity contribution in [1.82, 2.24) is 0 Å². The topological polar surface area (TPSA) is 55.4 Å². The molecule has 1 aromatic heterocycles. The van der Waals surface area contributed by atoms with Crippen LogP contribution in [0.3, 0.4) is 0 Å². The molecule has 0 atom stereocenters. The molecule has 3 aromatic rings. The van der Waals surface area contributed by atoms with Crippen LogP contribution in [-0.4, -0.2) is 18.5 Å². The Morgan fingerprint density at radius 1 is 1.06 bits per heavy atom. The summed E-state index contributed by atoms with van der Waals surface area (Å²) in [6.07, 6.45) is 3.22. The number of rotatable bonds is 7. The van der Waals surface area contributed by atoms with Gasteiger partial charge in [0.15, 0.2) is 0 Å². The average molecular weight is 434 g/mol. The molecule has 1 heterocycles. The minimum atomic E-state index is -0.440. The lowest BCUT2D eigenvalue weighted by molar-refractivity contribution is -0.111. The van der Waals surface area contributed by atoms with E-state index in [4.69, 9.17) is 4.74 Å². The predicted octanol–water partition coefficient (Wildman–Crippen LogP) is 6.68. The molecule has 0 aliphatic carbocycles. The summed E-state index contributed by atoms with van der Waals surface area (Å²) < 4.78 is 5.27. The minimum Gasteiger partial charge on any atom is -0.462 e. The molecule has 0 saturated heterocycles. The van der Waals surface area contributed by atoms with E-state index in [2.05, 4.69) is 31.3 Å². The molecule has 0 bridgehead atoms. The first kappa shape index (κ1) is 22.5. The normalized spacial score (nSPS) is 11.1. The number of benzene rings is 2. The molecule has 0 fully saturated rings. The van der Waals surface area contributed by atoms with Gasteiger partial charge in [-0.25, -0.2) is 4.79 Å².